The summed E-state index contributed by atoms with van der Waals surface area (Å²) in [6.45, 7) is 0. The number of para-hydroxylation sites is 2. The second-order valence-electron chi connectivity index (χ2n) is 7.21. The van der Waals surface area contributed by atoms with Crippen molar-refractivity contribution >= 4 is 22.6 Å². The Morgan fingerprint density at radius 2 is 1.68 bits per heavy atom. The molecule has 0 spiro atoms. The largest absolute Gasteiger partial charge is 0.441 e. The van der Waals surface area contributed by atoms with Crippen LogP contribution >= 0.6 is 0 Å². The fourth-order valence-electron chi connectivity index (χ4n) is 3.41. The third-order valence-corrected chi connectivity index (χ3v) is 5.01. The molecule has 0 saturated heterocycles. The molecule has 2 heterocycles. The molecular formula is C25H20N4O2. The van der Waals surface area contributed by atoms with Crippen molar-refractivity contribution in [2.75, 3.05) is 5.32 Å². The van der Waals surface area contributed by atoms with Crippen LogP contribution in [-0.4, -0.2) is 20.9 Å². The number of amides is 1. The summed E-state index contributed by atoms with van der Waals surface area (Å²) >= 11 is 0. The van der Waals surface area contributed by atoms with Gasteiger partial charge in [0, 0.05) is 29.7 Å². The second-order valence-corrected chi connectivity index (χ2v) is 7.21. The van der Waals surface area contributed by atoms with Gasteiger partial charge in [-0.05, 0) is 36.4 Å². The van der Waals surface area contributed by atoms with E-state index in [1.807, 2.05) is 78.9 Å². The Labute approximate surface area is 179 Å². The Balaban J connectivity index is 1.18. The molecule has 0 fully saturated rings. The lowest BCUT2D eigenvalue weighted by molar-refractivity contribution is -0.116. The van der Waals surface area contributed by atoms with Crippen LogP contribution in [-0.2, 0) is 11.2 Å². The third-order valence-electron chi connectivity index (χ3n) is 5.01. The number of hydrogen-bond donors (Lipinski definition) is 2. The molecule has 5 aromatic rings. The highest BCUT2D eigenvalue weighted by Crippen LogP contribution is 2.23. The molecule has 0 aliphatic heterocycles. The van der Waals surface area contributed by atoms with Gasteiger partial charge in [-0.1, -0.05) is 42.5 Å². The van der Waals surface area contributed by atoms with Crippen LogP contribution in [0.25, 0.3) is 33.7 Å². The number of nitrogens with one attached hydrogen (secondary N) is 2. The molecule has 0 saturated carbocycles. The minimum absolute atomic E-state index is 0.0871. The van der Waals surface area contributed by atoms with E-state index in [1.54, 1.807) is 6.20 Å². The molecule has 0 bridgehead atoms. The molecule has 1 amide bonds. The topological polar surface area (TPSA) is 83.8 Å². The number of anilines is 1. The summed E-state index contributed by atoms with van der Waals surface area (Å²) in [7, 11) is 0. The van der Waals surface area contributed by atoms with E-state index in [0.29, 0.717) is 24.5 Å². The summed E-state index contributed by atoms with van der Waals surface area (Å²) in [4.78, 5) is 24.5. The summed E-state index contributed by atoms with van der Waals surface area (Å²) in [5, 5.41) is 2.92. The highest BCUT2D eigenvalue weighted by molar-refractivity contribution is 5.91. The molecule has 6 heteroatoms. The number of aryl methyl sites for hydroxylation is 1. The number of oxazole rings is 1. The lowest BCUT2D eigenvalue weighted by Gasteiger charge is -2.05. The van der Waals surface area contributed by atoms with Crippen molar-refractivity contribution in [3.63, 3.8) is 0 Å². The average Bonchev–Trinajstić information content (AvgIpc) is 3.46. The van der Waals surface area contributed by atoms with Gasteiger partial charge in [0.1, 0.15) is 5.82 Å². The van der Waals surface area contributed by atoms with Crippen molar-refractivity contribution in [2.24, 2.45) is 0 Å². The van der Waals surface area contributed by atoms with E-state index < -0.39 is 0 Å². The van der Waals surface area contributed by atoms with E-state index in [0.717, 1.165) is 33.7 Å². The van der Waals surface area contributed by atoms with Gasteiger partial charge in [0.25, 0.3) is 0 Å². The average molecular weight is 408 g/mol. The first kappa shape index (κ1) is 18.8. The van der Waals surface area contributed by atoms with Gasteiger partial charge in [0.15, 0.2) is 11.7 Å². The molecule has 0 radical (unpaired) electrons. The Hall–Kier alpha value is -4.19. The first-order valence-electron chi connectivity index (χ1n) is 10.1. The molecule has 31 heavy (non-hydrogen) atoms. The van der Waals surface area contributed by atoms with Gasteiger partial charge in [0.05, 0.1) is 17.2 Å². The summed E-state index contributed by atoms with van der Waals surface area (Å²) in [6.07, 6.45) is 2.43. The standard InChI is InChI=1S/C25H20N4O2/c30-23(14-15-24-26-16-22(31-24)17-6-2-1-3-7-17)27-19-12-10-18(11-13-19)25-28-20-8-4-5-9-21(20)29-25/h1-13,16H,14-15H2,(H,27,30)(H,28,29). The number of carbonyl (C=O) groups is 1. The van der Waals surface area contributed by atoms with Gasteiger partial charge in [0.2, 0.25) is 5.91 Å². The first-order valence-corrected chi connectivity index (χ1v) is 10.1. The zero-order valence-corrected chi connectivity index (χ0v) is 16.7. The Morgan fingerprint density at radius 1 is 0.903 bits per heavy atom. The Bertz CT molecular complexity index is 1290. The maximum absolute atomic E-state index is 12.3. The molecule has 0 aliphatic rings. The zero-order chi connectivity index (χ0) is 21.0. The van der Waals surface area contributed by atoms with Crippen molar-refractivity contribution in [1.29, 1.82) is 0 Å². The van der Waals surface area contributed by atoms with E-state index in [9.17, 15) is 4.79 Å². The molecule has 0 unspecified atom stereocenters. The van der Waals surface area contributed by atoms with Gasteiger partial charge < -0.3 is 14.7 Å². The molecule has 6 nitrogen and oxygen atoms in total. The SMILES string of the molecule is O=C(CCc1ncc(-c2ccccc2)o1)Nc1ccc(-c2nc3ccccc3[nH]2)cc1. The fourth-order valence-corrected chi connectivity index (χ4v) is 3.41. The number of imidazole rings is 1. The van der Waals surface area contributed by atoms with Crippen LogP contribution in [0.5, 0.6) is 0 Å². The van der Waals surface area contributed by atoms with E-state index in [-0.39, 0.29) is 5.91 Å². The first-order chi connectivity index (χ1) is 15.2. The molecule has 5 rings (SSSR count). The molecule has 2 N–H and O–H groups in total. The number of benzene rings is 3. The number of rotatable bonds is 6. The number of nitrogens with zero attached hydrogens (tertiary/aromatic N) is 2. The van der Waals surface area contributed by atoms with Crippen LogP contribution in [0.15, 0.2) is 89.5 Å². The number of aromatic nitrogens is 3. The molecule has 0 aliphatic carbocycles. The molecule has 3 aromatic carbocycles. The van der Waals surface area contributed by atoms with Crippen molar-refractivity contribution < 1.29 is 9.21 Å². The van der Waals surface area contributed by atoms with E-state index in [2.05, 4.69) is 20.3 Å². The van der Waals surface area contributed by atoms with E-state index in [4.69, 9.17) is 4.42 Å². The third kappa shape index (κ3) is 4.23. The van der Waals surface area contributed by atoms with Gasteiger partial charge in [-0.3, -0.25) is 4.79 Å². The molecule has 2 aromatic heterocycles. The predicted octanol–water partition coefficient (Wildman–Crippen LogP) is 5.46. The highest BCUT2D eigenvalue weighted by Gasteiger charge is 2.10. The monoisotopic (exact) mass is 408 g/mol. The number of aromatic amines is 1. The number of hydrogen-bond acceptors (Lipinski definition) is 4. The van der Waals surface area contributed by atoms with Gasteiger partial charge in [-0.25, -0.2) is 9.97 Å². The lowest BCUT2D eigenvalue weighted by atomic mass is 10.2. The van der Waals surface area contributed by atoms with E-state index in [1.165, 1.54) is 0 Å². The maximum Gasteiger partial charge on any atom is 0.224 e. The summed E-state index contributed by atoms with van der Waals surface area (Å²) in [5.41, 5.74) is 4.59. The van der Waals surface area contributed by atoms with Crippen LogP contribution in [0.4, 0.5) is 5.69 Å². The molecule has 152 valence electrons. The number of carbonyl (C=O) groups excluding carboxylic acids is 1. The number of H-pyrrole nitrogens is 1. The zero-order valence-electron chi connectivity index (χ0n) is 16.7. The normalized spacial score (nSPS) is 11.0. The fraction of sp³-hybridized carbons (Fsp3) is 0.0800. The summed E-state index contributed by atoms with van der Waals surface area (Å²) in [5.74, 6) is 1.97. The van der Waals surface area contributed by atoms with Crippen LogP contribution in [0.1, 0.15) is 12.3 Å². The minimum Gasteiger partial charge on any atom is -0.441 e. The van der Waals surface area contributed by atoms with Crippen LogP contribution < -0.4 is 5.32 Å². The highest BCUT2D eigenvalue weighted by atomic mass is 16.4. The van der Waals surface area contributed by atoms with Crippen LogP contribution in [0.2, 0.25) is 0 Å². The smallest absolute Gasteiger partial charge is 0.224 e. The predicted molar refractivity (Wildman–Crippen MR) is 120 cm³/mol. The van der Waals surface area contributed by atoms with Gasteiger partial charge in [-0.2, -0.15) is 0 Å². The second kappa shape index (κ2) is 8.28. The maximum atomic E-state index is 12.3. The number of fused-ring (bicyclic) bond motifs is 1. The quantitative estimate of drug-likeness (QED) is 0.391. The summed E-state index contributed by atoms with van der Waals surface area (Å²) in [6, 6.07) is 25.3. The van der Waals surface area contributed by atoms with Crippen molar-refractivity contribution in [3.8, 4) is 22.7 Å². The van der Waals surface area contributed by atoms with E-state index >= 15 is 0 Å². The molecule has 0 atom stereocenters. The Morgan fingerprint density at radius 3 is 2.48 bits per heavy atom. The minimum atomic E-state index is -0.0871. The van der Waals surface area contributed by atoms with Crippen molar-refractivity contribution in [1.82, 2.24) is 15.0 Å². The Kier molecular flexibility index (Phi) is 5.02. The van der Waals surface area contributed by atoms with Crippen molar-refractivity contribution in [3.05, 3.63) is 91.0 Å². The van der Waals surface area contributed by atoms with Gasteiger partial charge in [-0.15, -0.1) is 0 Å². The molecular weight excluding hydrogens is 388 g/mol. The summed E-state index contributed by atoms with van der Waals surface area (Å²) < 4.78 is 5.76. The van der Waals surface area contributed by atoms with Crippen LogP contribution in [0, 0.1) is 0 Å². The lowest BCUT2D eigenvalue weighted by Crippen LogP contribution is -2.12. The van der Waals surface area contributed by atoms with Gasteiger partial charge >= 0.3 is 0 Å². The van der Waals surface area contributed by atoms with Crippen LogP contribution in [0.3, 0.4) is 0 Å². The van der Waals surface area contributed by atoms with Crippen molar-refractivity contribution in [2.45, 2.75) is 12.8 Å².